The molecule has 0 bridgehead atoms. The fourth-order valence-electron chi connectivity index (χ4n) is 2.41. The van der Waals surface area contributed by atoms with Crippen molar-refractivity contribution in [2.24, 2.45) is 17.8 Å². The Balaban J connectivity index is 2.70. The van der Waals surface area contributed by atoms with Gasteiger partial charge in [0.15, 0.2) is 14.1 Å². The molecule has 0 saturated heterocycles. The lowest BCUT2D eigenvalue weighted by molar-refractivity contribution is -0.115. The standard InChI is InChI=1S/C17H32O2Si/c1-13(2)16(14-8-10-15(18)11-9-14)12-19-20(6,7)17(3,4)5/h8,10,13-14,16H,9,11-12H2,1-7H3. The molecule has 20 heavy (non-hydrogen) atoms. The maximum atomic E-state index is 11.3. The van der Waals surface area contributed by atoms with Gasteiger partial charge in [0.05, 0.1) is 0 Å². The average molecular weight is 297 g/mol. The van der Waals surface area contributed by atoms with E-state index < -0.39 is 8.32 Å². The third kappa shape index (κ3) is 4.56. The minimum atomic E-state index is -1.68. The highest BCUT2D eigenvalue weighted by atomic mass is 28.4. The Morgan fingerprint density at radius 1 is 1.35 bits per heavy atom. The third-order valence-corrected chi connectivity index (χ3v) is 9.60. The predicted molar refractivity (Wildman–Crippen MR) is 88.3 cm³/mol. The quantitative estimate of drug-likeness (QED) is 0.680. The predicted octanol–water partition coefficient (Wildman–Crippen LogP) is 4.82. The molecule has 2 nitrogen and oxygen atoms in total. The van der Waals surface area contributed by atoms with E-state index in [0.717, 1.165) is 13.0 Å². The first-order valence-corrected chi connectivity index (χ1v) is 10.8. The van der Waals surface area contributed by atoms with E-state index in [1.54, 1.807) is 6.08 Å². The molecule has 0 radical (unpaired) electrons. The van der Waals surface area contributed by atoms with E-state index >= 15 is 0 Å². The van der Waals surface area contributed by atoms with Crippen molar-refractivity contribution < 1.29 is 9.22 Å². The molecule has 1 aliphatic carbocycles. The molecule has 0 N–H and O–H groups in total. The maximum Gasteiger partial charge on any atom is 0.191 e. The number of allylic oxidation sites excluding steroid dienone is 2. The van der Waals surface area contributed by atoms with E-state index in [1.165, 1.54) is 0 Å². The highest BCUT2D eigenvalue weighted by Crippen LogP contribution is 2.38. The molecule has 0 aliphatic heterocycles. The van der Waals surface area contributed by atoms with Gasteiger partial charge in [-0.05, 0) is 48.4 Å². The first-order chi connectivity index (χ1) is 9.04. The Morgan fingerprint density at radius 2 is 1.95 bits per heavy atom. The smallest absolute Gasteiger partial charge is 0.191 e. The Bertz CT molecular complexity index is 364. The average Bonchev–Trinajstić information content (AvgIpc) is 2.29. The number of hydrogen-bond donors (Lipinski definition) is 0. The van der Waals surface area contributed by atoms with Crippen LogP contribution in [0.3, 0.4) is 0 Å². The van der Waals surface area contributed by atoms with Crippen molar-refractivity contribution in [2.75, 3.05) is 6.61 Å². The van der Waals surface area contributed by atoms with Crippen LogP contribution < -0.4 is 0 Å². The van der Waals surface area contributed by atoms with E-state index in [4.69, 9.17) is 4.43 Å². The monoisotopic (exact) mass is 296 g/mol. The summed E-state index contributed by atoms with van der Waals surface area (Å²) in [4.78, 5) is 11.3. The van der Waals surface area contributed by atoms with Crippen molar-refractivity contribution in [1.29, 1.82) is 0 Å². The number of carbonyl (C=O) groups is 1. The molecular formula is C17H32O2Si. The molecule has 3 heteroatoms. The summed E-state index contributed by atoms with van der Waals surface area (Å²) >= 11 is 0. The van der Waals surface area contributed by atoms with Gasteiger partial charge in [0.2, 0.25) is 0 Å². The third-order valence-electron chi connectivity index (χ3n) is 5.10. The van der Waals surface area contributed by atoms with Gasteiger partial charge >= 0.3 is 0 Å². The second kappa shape index (κ2) is 6.57. The van der Waals surface area contributed by atoms with Crippen molar-refractivity contribution in [3.05, 3.63) is 12.2 Å². The summed E-state index contributed by atoms with van der Waals surface area (Å²) in [6.07, 6.45) is 5.57. The Hall–Kier alpha value is -0.413. The molecule has 0 spiro atoms. The van der Waals surface area contributed by atoms with Gasteiger partial charge in [0.25, 0.3) is 0 Å². The molecule has 116 valence electrons. The van der Waals surface area contributed by atoms with Gasteiger partial charge in [-0.2, -0.15) is 0 Å². The van der Waals surface area contributed by atoms with Crippen molar-refractivity contribution in [2.45, 2.75) is 65.6 Å². The van der Waals surface area contributed by atoms with Crippen LogP contribution in [-0.2, 0) is 9.22 Å². The summed E-state index contributed by atoms with van der Waals surface area (Å²) < 4.78 is 6.42. The zero-order chi connectivity index (χ0) is 15.6. The van der Waals surface area contributed by atoms with Crippen LogP contribution in [0.25, 0.3) is 0 Å². The molecule has 1 rings (SSSR count). The van der Waals surface area contributed by atoms with Crippen LogP contribution in [0, 0.1) is 17.8 Å². The highest BCUT2D eigenvalue weighted by molar-refractivity contribution is 6.74. The summed E-state index contributed by atoms with van der Waals surface area (Å²) in [5, 5.41) is 0.257. The first-order valence-electron chi connectivity index (χ1n) is 7.89. The molecule has 0 fully saturated rings. The topological polar surface area (TPSA) is 26.3 Å². The maximum absolute atomic E-state index is 11.3. The van der Waals surface area contributed by atoms with Crippen LogP contribution in [0.4, 0.5) is 0 Å². The fourth-order valence-corrected chi connectivity index (χ4v) is 3.45. The van der Waals surface area contributed by atoms with Gasteiger partial charge in [-0.25, -0.2) is 0 Å². The lowest BCUT2D eigenvalue weighted by Gasteiger charge is -2.39. The van der Waals surface area contributed by atoms with E-state index in [2.05, 4.69) is 53.8 Å². The highest BCUT2D eigenvalue weighted by Gasteiger charge is 2.38. The fraction of sp³-hybridized carbons (Fsp3) is 0.824. The second-order valence-electron chi connectivity index (χ2n) is 8.01. The summed E-state index contributed by atoms with van der Waals surface area (Å²) in [5.74, 6) is 1.88. The van der Waals surface area contributed by atoms with E-state index in [9.17, 15) is 4.79 Å². The minimum Gasteiger partial charge on any atom is -0.417 e. The molecule has 0 aromatic rings. The summed E-state index contributed by atoms with van der Waals surface area (Å²) in [6, 6.07) is 0. The first kappa shape index (κ1) is 17.6. The molecule has 2 unspecified atom stereocenters. The zero-order valence-corrected chi connectivity index (χ0v) is 15.3. The number of rotatable bonds is 5. The molecule has 0 heterocycles. The van der Waals surface area contributed by atoms with Crippen molar-refractivity contribution in [3.8, 4) is 0 Å². The Labute approximate surface area is 126 Å². The van der Waals surface area contributed by atoms with E-state index in [-0.39, 0.29) is 10.8 Å². The van der Waals surface area contributed by atoms with Crippen LogP contribution in [0.2, 0.25) is 18.1 Å². The normalized spacial score (nSPS) is 22.4. The van der Waals surface area contributed by atoms with Crippen LogP contribution in [0.5, 0.6) is 0 Å². The second-order valence-corrected chi connectivity index (χ2v) is 12.8. The van der Waals surface area contributed by atoms with Crippen molar-refractivity contribution >= 4 is 14.1 Å². The van der Waals surface area contributed by atoms with Crippen LogP contribution in [0.1, 0.15) is 47.5 Å². The molecular weight excluding hydrogens is 264 g/mol. The Kier molecular flexibility index (Phi) is 5.79. The lowest BCUT2D eigenvalue weighted by Crippen LogP contribution is -2.43. The van der Waals surface area contributed by atoms with Gasteiger partial charge in [0.1, 0.15) is 0 Å². The molecule has 0 saturated carbocycles. The molecule has 0 amide bonds. The number of carbonyl (C=O) groups excluding carboxylic acids is 1. The van der Waals surface area contributed by atoms with Crippen LogP contribution >= 0.6 is 0 Å². The van der Waals surface area contributed by atoms with Crippen molar-refractivity contribution in [3.63, 3.8) is 0 Å². The van der Waals surface area contributed by atoms with Crippen LogP contribution in [0.15, 0.2) is 12.2 Å². The molecule has 0 aromatic carbocycles. The summed E-state index contributed by atoms with van der Waals surface area (Å²) in [6.45, 7) is 16.8. The largest absolute Gasteiger partial charge is 0.417 e. The lowest BCUT2D eigenvalue weighted by atomic mass is 9.79. The van der Waals surface area contributed by atoms with Gasteiger partial charge < -0.3 is 4.43 Å². The van der Waals surface area contributed by atoms with Crippen LogP contribution in [-0.4, -0.2) is 20.7 Å². The Morgan fingerprint density at radius 3 is 2.35 bits per heavy atom. The number of hydrogen-bond acceptors (Lipinski definition) is 2. The SMILES string of the molecule is CC(C)C(CO[Si](C)(C)C(C)(C)C)C1C=CC(=O)CC1. The summed E-state index contributed by atoms with van der Waals surface area (Å²) in [5.41, 5.74) is 0. The van der Waals surface area contributed by atoms with E-state index in [0.29, 0.717) is 24.2 Å². The number of ketones is 1. The van der Waals surface area contributed by atoms with Crippen molar-refractivity contribution in [1.82, 2.24) is 0 Å². The summed E-state index contributed by atoms with van der Waals surface area (Å²) in [7, 11) is -1.68. The van der Waals surface area contributed by atoms with Gasteiger partial charge in [-0.15, -0.1) is 0 Å². The molecule has 0 aromatic heterocycles. The molecule has 2 atom stereocenters. The molecule has 1 aliphatic rings. The van der Waals surface area contributed by atoms with Gasteiger partial charge in [-0.1, -0.05) is 40.7 Å². The van der Waals surface area contributed by atoms with Gasteiger partial charge in [-0.3, -0.25) is 4.79 Å². The zero-order valence-electron chi connectivity index (χ0n) is 14.3. The minimum absolute atomic E-state index is 0.257. The van der Waals surface area contributed by atoms with E-state index in [1.807, 2.05) is 0 Å². The van der Waals surface area contributed by atoms with Gasteiger partial charge in [0, 0.05) is 13.0 Å².